The molecule has 0 unspecified atom stereocenters. The predicted molar refractivity (Wildman–Crippen MR) is 85.5 cm³/mol. The highest BCUT2D eigenvalue weighted by atomic mass is 35.5. The van der Waals surface area contributed by atoms with Gasteiger partial charge in [0.05, 0.1) is 0 Å². The average Bonchev–Trinajstić information content (AvgIpc) is 2.96. The second-order valence-electron chi connectivity index (χ2n) is 5.73. The summed E-state index contributed by atoms with van der Waals surface area (Å²) in [6.45, 7) is 5.14. The molecule has 0 saturated carbocycles. The van der Waals surface area contributed by atoms with Gasteiger partial charge in [0.1, 0.15) is 23.0 Å². The van der Waals surface area contributed by atoms with Crippen LogP contribution in [0.2, 0.25) is 5.02 Å². The lowest BCUT2D eigenvalue weighted by Crippen LogP contribution is -2.28. The van der Waals surface area contributed by atoms with Crippen LogP contribution in [0.1, 0.15) is 19.4 Å². The summed E-state index contributed by atoms with van der Waals surface area (Å²) in [6.07, 6.45) is 1.39. The largest absolute Gasteiger partial charge is 0.454 e. The molecule has 1 aliphatic rings. The molecule has 0 spiro atoms. The van der Waals surface area contributed by atoms with Crippen molar-refractivity contribution in [3.05, 3.63) is 35.1 Å². The molecule has 7 heteroatoms. The first-order chi connectivity index (χ1) is 10.5. The first-order valence-electron chi connectivity index (χ1n) is 6.87. The normalized spacial score (nSPS) is 13.2. The van der Waals surface area contributed by atoms with E-state index in [1.807, 2.05) is 18.2 Å². The lowest BCUT2D eigenvalue weighted by Gasteiger charge is -2.26. The zero-order valence-electron chi connectivity index (χ0n) is 12.4. The van der Waals surface area contributed by atoms with Gasteiger partial charge in [0, 0.05) is 12.0 Å². The van der Waals surface area contributed by atoms with Gasteiger partial charge in [0.25, 0.3) is 0 Å². The van der Waals surface area contributed by atoms with Gasteiger partial charge < -0.3 is 20.5 Å². The third-order valence-corrected chi connectivity index (χ3v) is 4.04. The molecule has 2 heterocycles. The molecule has 0 radical (unpaired) electrons. The highest BCUT2D eigenvalue weighted by Gasteiger charge is 2.24. The highest BCUT2D eigenvalue weighted by molar-refractivity contribution is 6.35. The molecule has 22 heavy (non-hydrogen) atoms. The van der Waals surface area contributed by atoms with Crippen LogP contribution in [-0.4, -0.2) is 23.3 Å². The second kappa shape index (κ2) is 5.53. The van der Waals surface area contributed by atoms with Crippen LogP contribution in [0.15, 0.2) is 24.5 Å². The van der Waals surface area contributed by atoms with E-state index in [4.69, 9.17) is 26.8 Å². The summed E-state index contributed by atoms with van der Waals surface area (Å²) in [7, 11) is 0. The maximum atomic E-state index is 6.10. The van der Waals surface area contributed by atoms with Gasteiger partial charge in [0.15, 0.2) is 11.5 Å². The van der Waals surface area contributed by atoms with E-state index in [0.29, 0.717) is 17.4 Å². The minimum absolute atomic E-state index is 0.163. The van der Waals surface area contributed by atoms with E-state index in [-0.39, 0.29) is 18.0 Å². The van der Waals surface area contributed by atoms with Crippen molar-refractivity contribution in [3.63, 3.8) is 0 Å². The van der Waals surface area contributed by atoms with Gasteiger partial charge in [-0.05, 0) is 17.7 Å². The molecular weight excluding hydrogens is 304 g/mol. The van der Waals surface area contributed by atoms with Gasteiger partial charge >= 0.3 is 0 Å². The van der Waals surface area contributed by atoms with Gasteiger partial charge in [-0.3, -0.25) is 0 Å². The lowest BCUT2D eigenvalue weighted by atomic mass is 9.84. The monoisotopic (exact) mass is 320 g/mol. The Morgan fingerprint density at radius 2 is 2.05 bits per heavy atom. The first-order valence-corrected chi connectivity index (χ1v) is 7.25. The Labute approximate surface area is 133 Å². The molecule has 0 amide bonds. The second-order valence-corrected chi connectivity index (χ2v) is 6.10. The quantitative estimate of drug-likeness (QED) is 0.901. The average molecular weight is 321 g/mol. The van der Waals surface area contributed by atoms with Gasteiger partial charge in [-0.1, -0.05) is 31.5 Å². The van der Waals surface area contributed by atoms with Crippen molar-refractivity contribution in [2.75, 3.05) is 24.4 Å². The van der Waals surface area contributed by atoms with E-state index < -0.39 is 0 Å². The Morgan fingerprint density at radius 3 is 2.86 bits per heavy atom. The number of fused-ring (bicyclic) bond motifs is 1. The van der Waals surface area contributed by atoms with Crippen molar-refractivity contribution in [1.82, 2.24) is 9.97 Å². The first kappa shape index (κ1) is 14.7. The van der Waals surface area contributed by atoms with E-state index in [1.54, 1.807) is 0 Å². The molecule has 6 nitrogen and oxygen atoms in total. The third-order valence-electron chi connectivity index (χ3n) is 3.67. The summed E-state index contributed by atoms with van der Waals surface area (Å²) in [5.74, 6) is 2.34. The third kappa shape index (κ3) is 2.74. The zero-order valence-corrected chi connectivity index (χ0v) is 13.1. The number of nitrogen functional groups attached to an aromatic ring is 1. The molecule has 0 bridgehead atoms. The molecule has 0 aliphatic carbocycles. The smallest absolute Gasteiger partial charge is 0.231 e. The molecule has 1 aromatic carbocycles. The molecule has 2 aromatic rings. The van der Waals surface area contributed by atoms with Crippen LogP contribution in [0.4, 0.5) is 11.6 Å². The van der Waals surface area contributed by atoms with Crippen molar-refractivity contribution >= 4 is 23.2 Å². The Bertz CT molecular complexity index is 706. The van der Waals surface area contributed by atoms with E-state index in [0.717, 1.165) is 17.1 Å². The molecular formula is C15H17ClN4O2. The number of nitrogens with two attached hydrogens (primary N) is 1. The Balaban J connectivity index is 1.77. The standard InChI is InChI=1S/C15H17ClN4O2/c1-15(2,6-18-14-12(16)13(17)19-7-20-14)9-3-4-10-11(5-9)22-8-21-10/h3-5,7H,6,8H2,1-2H3,(H3,17,18,19,20). The number of hydrogen-bond donors (Lipinski definition) is 2. The Hall–Kier alpha value is -2.21. The Kier molecular flexibility index (Phi) is 3.70. The van der Waals surface area contributed by atoms with Crippen LogP contribution in [0.5, 0.6) is 11.5 Å². The van der Waals surface area contributed by atoms with Crippen molar-refractivity contribution in [2.24, 2.45) is 0 Å². The van der Waals surface area contributed by atoms with Crippen molar-refractivity contribution in [3.8, 4) is 11.5 Å². The van der Waals surface area contributed by atoms with E-state index in [1.165, 1.54) is 6.33 Å². The highest BCUT2D eigenvalue weighted by Crippen LogP contribution is 2.36. The van der Waals surface area contributed by atoms with Gasteiger partial charge in [-0.15, -0.1) is 0 Å². The maximum absolute atomic E-state index is 6.10. The number of ether oxygens (including phenoxy) is 2. The molecule has 3 N–H and O–H groups in total. The number of aromatic nitrogens is 2. The number of halogens is 1. The summed E-state index contributed by atoms with van der Waals surface area (Å²) >= 11 is 6.10. The van der Waals surface area contributed by atoms with Crippen LogP contribution >= 0.6 is 11.6 Å². The summed E-state index contributed by atoms with van der Waals surface area (Å²) in [5, 5.41) is 3.56. The predicted octanol–water partition coefficient (Wildman–Crippen LogP) is 2.83. The van der Waals surface area contributed by atoms with Crippen molar-refractivity contribution in [1.29, 1.82) is 0 Å². The fraction of sp³-hybridized carbons (Fsp3) is 0.333. The summed E-state index contributed by atoms with van der Waals surface area (Å²) in [5.41, 5.74) is 6.64. The SMILES string of the molecule is CC(C)(CNc1ncnc(N)c1Cl)c1ccc2c(c1)OCO2. The zero-order chi connectivity index (χ0) is 15.7. The Morgan fingerprint density at radius 1 is 1.27 bits per heavy atom. The molecule has 0 fully saturated rings. The molecule has 0 atom stereocenters. The summed E-state index contributed by atoms with van der Waals surface area (Å²) in [4.78, 5) is 7.96. The topological polar surface area (TPSA) is 82.3 Å². The van der Waals surface area contributed by atoms with E-state index in [2.05, 4.69) is 29.1 Å². The van der Waals surface area contributed by atoms with E-state index >= 15 is 0 Å². The number of hydrogen-bond acceptors (Lipinski definition) is 6. The number of nitrogens with zero attached hydrogens (tertiary/aromatic N) is 2. The van der Waals surface area contributed by atoms with E-state index in [9.17, 15) is 0 Å². The number of benzene rings is 1. The minimum atomic E-state index is -0.163. The molecule has 1 aromatic heterocycles. The number of rotatable bonds is 4. The number of anilines is 2. The summed E-state index contributed by atoms with van der Waals surface area (Å²) < 4.78 is 10.8. The van der Waals surface area contributed by atoms with Gasteiger partial charge in [-0.2, -0.15) is 0 Å². The van der Waals surface area contributed by atoms with Crippen molar-refractivity contribution < 1.29 is 9.47 Å². The number of nitrogens with one attached hydrogen (secondary N) is 1. The van der Waals surface area contributed by atoms with Crippen LogP contribution in [0.3, 0.4) is 0 Å². The lowest BCUT2D eigenvalue weighted by molar-refractivity contribution is 0.174. The van der Waals surface area contributed by atoms with Gasteiger partial charge in [-0.25, -0.2) is 9.97 Å². The van der Waals surface area contributed by atoms with Crippen LogP contribution in [0.25, 0.3) is 0 Å². The van der Waals surface area contributed by atoms with Crippen LogP contribution in [-0.2, 0) is 5.41 Å². The fourth-order valence-corrected chi connectivity index (χ4v) is 2.40. The summed E-state index contributed by atoms with van der Waals surface area (Å²) in [6, 6.07) is 5.96. The van der Waals surface area contributed by atoms with Gasteiger partial charge in [0.2, 0.25) is 6.79 Å². The molecule has 0 saturated heterocycles. The maximum Gasteiger partial charge on any atom is 0.231 e. The van der Waals surface area contributed by atoms with Crippen molar-refractivity contribution in [2.45, 2.75) is 19.3 Å². The minimum Gasteiger partial charge on any atom is -0.454 e. The fourth-order valence-electron chi connectivity index (χ4n) is 2.23. The molecule has 3 rings (SSSR count). The van der Waals surface area contributed by atoms with Crippen LogP contribution in [0, 0.1) is 0 Å². The molecule has 1 aliphatic heterocycles. The molecule has 116 valence electrons. The van der Waals surface area contributed by atoms with Crippen LogP contribution < -0.4 is 20.5 Å².